The molecule has 0 radical (unpaired) electrons. The lowest BCUT2D eigenvalue weighted by Gasteiger charge is -2.27. The largest absolute Gasteiger partial charge is 0.496 e. The van der Waals surface area contributed by atoms with Gasteiger partial charge < -0.3 is 10.1 Å². The Morgan fingerprint density at radius 3 is 2.50 bits per heavy atom. The van der Waals surface area contributed by atoms with Gasteiger partial charge in [-0.2, -0.15) is 0 Å². The Morgan fingerprint density at radius 2 is 2.00 bits per heavy atom. The summed E-state index contributed by atoms with van der Waals surface area (Å²) in [6.07, 6.45) is 4.05. The molecule has 18 heavy (non-hydrogen) atoms. The van der Waals surface area contributed by atoms with Crippen LogP contribution < -0.4 is 10.1 Å². The summed E-state index contributed by atoms with van der Waals surface area (Å²) in [5, 5.41) is 3.61. The Bertz CT molecular complexity index is 402. The lowest BCUT2D eigenvalue weighted by molar-refractivity contribution is 0.338. The number of rotatable bonds is 4. The molecule has 100 valence electrons. The molecule has 1 aliphatic rings. The molecule has 2 rings (SSSR count). The average Bonchev–Trinajstić information content (AvgIpc) is 2.25. The van der Waals surface area contributed by atoms with Gasteiger partial charge in [-0.3, -0.25) is 0 Å². The molecular formula is C16H25NO. The minimum absolute atomic E-state index is 0.123. The third-order valence-electron chi connectivity index (χ3n) is 3.77. The molecular weight excluding hydrogens is 222 g/mol. The number of benzene rings is 1. The van der Waals surface area contributed by atoms with Gasteiger partial charge in [0, 0.05) is 12.6 Å². The van der Waals surface area contributed by atoms with Crippen LogP contribution in [0.5, 0.6) is 5.75 Å². The van der Waals surface area contributed by atoms with E-state index in [0.29, 0.717) is 0 Å². The monoisotopic (exact) mass is 247 g/mol. The van der Waals surface area contributed by atoms with Crippen LogP contribution in [0.4, 0.5) is 0 Å². The van der Waals surface area contributed by atoms with E-state index >= 15 is 0 Å². The number of methoxy groups -OCH3 is 1. The molecule has 0 saturated heterocycles. The van der Waals surface area contributed by atoms with E-state index in [2.05, 4.69) is 44.3 Å². The topological polar surface area (TPSA) is 21.3 Å². The smallest absolute Gasteiger partial charge is 0.122 e. The molecule has 0 aliphatic heterocycles. The lowest BCUT2D eigenvalue weighted by Crippen LogP contribution is -2.34. The maximum Gasteiger partial charge on any atom is 0.122 e. The summed E-state index contributed by atoms with van der Waals surface area (Å²) < 4.78 is 5.46. The number of hydrogen-bond acceptors (Lipinski definition) is 2. The average molecular weight is 247 g/mol. The summed E-state index contributed by atoms with van der Waals surface area (Å²) in [5.41, 5.74) is 2.77. The first-order chi connectivity index (χ1) is 8.50. The van der Waals surface area contributed by atoms with E-state index in [-0.39, 0.29) is 5.41 Å². The van der Waals surface area contributed by atoms with E-state index in [9.17, 15) is 0 Å². The molecule has 0 aromatic heterocycles. The Hall–Kier alpha value is -1.02. The van der Waals surface area contributed by atoms with Crippen molar-refractivity contribution in [2.45, 2.75) is 58.0 Å². The van der Waals surface area contributed by atoms with Gasteiger partial charge >= 0.3 is 0 Å². The first-order valence-corrected chi connectivity index (χ1v) is 6.91. The molecule has 0 amide bonds. The second-order valence-electron chi connectivity index (χ2n) is 6.29. The van der Waals surface area contributed by atoms with Crippen molar-refractivity contribution in [3.8, 4) is 5.75 Å². The third kappa shape index (κ3) is 3.05. The molecule has 1 aromatic rings. The second-order valence-corrected chi connectivity index (χ2v) is 6.29. The van der Waals surface area contributed by atoms with Crippen LogP contribution in [0.25, 0.3) is 0 Å². The fourth-order valence-corrected chi connectivity index (χ4v) is 2.33. The Labute approximate surface area is 111 Å². The highest BCUT2D eigenvalue weighted by atomic mass is 16.5. The van der Waals surface area contributed by atoms with Gasteiger partial charge in [-0.25, -0.2) is 0 Å². The molecule has 0 atom stereocenters. The van der Waals surface area contributed by atoms with E-state index in [1.54, 1.807) is 7.11 Å². The third-order valence-corrected chi connectivity index (χ3v) is 3.77. The van der Waals surface area contributed by atoms with Crippen molar-refractivity contribution in [2.75, 3.05) is 7.11 Å². The summed E-state index contributed by atoms with van der Waals surface area (Å²) >= 11 is 0. The van der Waals surface area contributed by atoms with Crippen molar-refractivity contribution in [2.24, 2.45) is 0 Å². The maximum atomic E-state index is 5.46. The van der Waals surface area contributed by atoms with Gasteiger partial charge in [-0.05, 0) is 35.4 Å². The lowest BCUT2D eigenvalue weighted by atomic mass is 9.85. The van der Waals surface area contributed by atoms with Crippen LogP contribution in [0.2, 0.25) is 0 Å². The van der Waals surface area contributed by atoms with Gasteiger partial charge in [-0.1, -0.05) is 39.3 Å². The van der Waals surface area contributed by atoms with Crippen molar-refractivity contribution in [1.29, 1.82) is 0 Å². The van der Waals surface area contributed by atoms with Crippen molar-refractivity contribution in [3.05, 3.63) is 29.3 Å². The van der Waals surface area contributed by atoms with Crippen LogP contribution in [0, 0.1) is 0 Å². The number of nitrogens with one attached hydrogen (secondary N) is 1. The fourth-order valence-electron chi connectivity index (χ4n) is 2.33. The van der Waals surface area contributed by atoms with Crippen LogP contribution in [0.3, 0.4) is 0 Å². The van der Waals surface area contributed by atoms with Gasteiger partial charge in [0.1, 0.15) is 5.75 Å². The van der Waals surface area contributed by atoms with Crippen LogP contribution in [-0.4, -0.2) is 13.2 Å². The highest BCUT2D eigenvalue weighted by Crippen LogP contribution is 2.32. The number of ether oxygens (including phenoxy) is 1. The van der Waals surface area contributed by atoms with E-state index in [1.807, 2.05) is 0 Å². The Kier molecular flexibility index (Phi) is 3.96. The SMILES string of the molecule is COc1ccc(CNC2CCC2)cc1C(C)(C)C. The van der Waals surface area contributed by atoms with Crippen LogP contribution in [-0.2, 0) is 12.0 Å². The summed E-state index contributed by atoms with van der Waals surface area (Å²) in [7, 11) is 1.75. The predicted molar refractivity (Wildman–Crippen MR) is 76.2 cm³/mol. The summed E-state index contributed by atoms with van der Waals surface area (Å²) in [6, 6.07) is 7.29. The van der Waals surface area contributed by atoms with E-state index in [1.165, 1.54) is 30.4 Å². The van der Waals surface area contributed by atoms with Gasteiger partial charge in [0.05, 0.1) is 7.11 Å². The van der Waals surface area contributed by atoms with Crippen molar-refractivity contribution in [1.82, 2.24) is 5.32 Å². The van der Waals surface area contributed by atoms with Crippen LogP contribution in [0.15, 0.2) is 18.2 Å². The molecule has 2 heteroatoms. The molecule has 1 aliphatic carbocycles. The Morgan fingerprint density at radius 1 is 1.28 bits per heavy atom. The molecule has 1 saturated carbocycles. The van der Waals surface area contributed by atoms with Gasteiger partial charge in [0.25, 0.3) is 0 Å². The first kappa shape index (κ1) is 13.4. The number of hydrogen-bond donors (Lipinski definition) is 1. The highest BCUT2D eigenvalue weighted by molar-refractivity contribution is 5.41. The summed E-state index contributed by atoms with van der Waals surface area (Å²) in [5.74, 6) is 0.995. The van der Waals surface area contributed by atoms with Crippen molar-refractivity contribution in [3.63, 3.8) is 0 Å². The van der Waals surface area contributed by atoms with E-state index < -0.39 is 0 Å². The van der Waals surface area contributed by atoms with E-state index in [0.717, 1.165) is 18.3 Å². The summed E-state index contributed by atoms with van der Waals surface area (Å²) in [6.45, 7) is 7.66. The quantitative estimate of drug-likeness (QED) is 0.877. The zero-order valence-corrected chi connectivity index (χ0v) is 12.0. The van der Waals surface area contributed by atoms with Gasteiger partial charge in [0.2, 0.25) is 0 Å². The standard InChI is InChI=1S/C16H25NO/c1-16(2,3)14-10-12(8-9-15(14)18-4)11-17-13-6-5-7-13/h8-10,13,17H,5-7,11H2,1-4H3. The Balaban J connectivity index is 2.11. The normalized spacial score (nSPS) is 16.4. The molecule has 1 fully saturated rings. The minimum atomic E-state index is 0.123. The fraction of sp³-hybridized carbons (Fsp3) is 0.625. The second kappa shape index (κ2) is 5.31. The zero-order valence-electron chi connectivity index (χ0n) is 12.0. The van der Waals surface area contributed by atoms with Crippen molar-refractivity contribution >= 4 is 0 Å². The minimum Gasteiger partial charge on any atom is -0.496 e. The predicted octanol–water partition coefficient (Wildman–Crippen LogP) is 3.63. The molecule has 0 bridgehead atoms. The molecule has 1 N–H and O–H groups in total. The molecule has 0 unspecified atom stereocenters. The van der Waals surface area contributed by atoms with Gasteiger partial charge in [0.15, 0.2) is 0 Å². The van der Waals surface area contributed by atoms with Gasteiger partial charge in [-0.15, -0.1) is 0 Å². The molecule has 1 aromatic carbocycles. The molecule has 2 nitrogen and oxygen atoms in total. The van der Waals surface area contributed by atoms with E-state index in [4.69, 9.17) is 4.74 Å². The highest BCUT2D eigenvalue weighted by Gasteiger charge is 2.20. The van der Waals surface area contributed by atoms with Crippen LogP contribution in [0.1, 0.15) is 51.2 Å². The van der Waals surface area contributed by atoms with Crippen LogP contribution >= 0.6 is 0 Å². The summed E-state index contributed by atoms with van der Waals surface area (Å²) in [4.78, 5) is 0. The molecule has 0 heterocycles. The molecule has 0 spiro atoms. The zero-order chi connectivity index (χ0) is 13.2. The first-order valence-electron chi connectivity index (χ1n) is 6.91. The maximum absolute atomic E-state index is 5.46. The van der Waals surface area contributed by atoms with Crippen molar-refractivity contribution < 1.29 is 4.74 Å².